The summed E-state index contributed by atoms with van der Waals surface area (Å²) in [5.74, 6) is 0.296. The van der Waals surface area contributed by atoms with Crippen LogP contribution >= 0.6 is 0 Å². The number of ether oxygens (including phenoxy) is 2. The molecule has 0 spiro atoms. The first kappa shape index (κ1) is 21.3. The summed E-state index contributed by atoms with van der Waals surface area (Å²) in [6, 6.07) is 13.5. The second-order valence-corrected chi connectivity index (χ2v) is 6.90. The third-order valence-corrected chi connectivity index (χ3v) is 4.62. The van der Waals surface area contributed by atoms with Gasteiger partial charge in [0.2, 0.25) is 0 Å². The number of halogens is 3. The van der Waals surface area contributed by atoms with E-state index in [4.69, 9.17) is 10.00 Å². The zero-order valence-corrected chi connectivity index (χ0v) is 15.9. The highest BCUT2D eigenvalue weighted by molar-refractivity contribution is 5.89. The molecule has 30 heavy (non-hydrogen) atoms. The molecule has 6 nitrogen and oxygen atoms in total. The fourth-order valence-corrected chi connectivity index (χ4v) is 3.25. The summed E-state index contributed by atoms with van der Waals surface area (Å²) in [7, 11) is 0. The Morgan fingerprint density at radius 2 is 1.73 bits per heavy atom. The van der Waals surface area contributed by atoms with Gasteiger partial charge < -0.3 is 20.1 Å². The fraction of sp³-hybridized carbons (Fsp3) is 0.333. The van der Waals surface area contributed by atoms with Gasteiger partial charge in [0.15, 0.2) is 0 Å². The van der Waals surface area contributed by atoms with Gasteiger partial charge in [-0.15, -0.1) is 13.2 Å². The topological polar surface area (TPSA) is 83.4 Å². The number of urea groups is 1. The van der Waals surface area contributed by atoms with E-state index in [1.54, 1.807) is 24.3 Å². The van der Waals surface area contributed by atoms with Gasteiger partial charge >= 0.3 is 12.4 Å². The minimum atomic E-state index is -4.79. The van der Waals surface area contributed by atoms with Gasteiger partial charge in [-0.05, 0) is 62.1 Å². The lowest BCUT2D eigenvalue weighted by atomic mass is 9.93. The maximum Gasteiger partial charge on any atom is 0.573 e. The Bertz CT molecular complexity index is 902. The summed E-state index contributed by atoms with van der Waals surface area (Å²) in [6.07, 6.45) is -1.84. The van der Waals surface area contributed by atoms with Crippen LogP contribution in [0.15, 0.2) is 48.5 Å². The number of alkyl halides is 3. The average molecular weight is 419 g/mol. The van der Waals surface area contributed by atoms with Gasteiger partial charge in [0.25, 0.3) is 0 Å². The second kappa shape index (κ2) is 9.39. The molecule has 3 rings (SSSR count). The number of nitrogens with zero attached hydrogens (tertiary/aromatic N) is 1. The molecule has 0 atom stereocenters. The SMILES string of the molecule is N#Cc1ccc(O[C@H]2CC[C@H](NC(=O)Nc3cccc(OC(F)(F)F)c3)CC2)cc1. The Kier molecular flexibility index (Phi) is 6.67. The van der Waals surface area contributed by atoms with E-state index in [1.165, 1.54) is 12.1 Å². The number of hydrogen-bond donors (Lipinski definition) is 2. The fourth-order valence-electron chi connectivity index (χ4n) is 3.25. The predicted molar refractivity (Wildman–Crippen MR) is 103 cm³/mol. The van der Waals surface area contributed by atoms with Crippen molar-refractivity contribution in [2.45, 2.75) is 44.2 Å². The Morgan fingerprint density at radius 3 is 2.37 bits per heavy atom. The van der Waals surface area contributed by atoms with Crippen LogP contribution in [-0.4, -0.2) is 24.5 Å². The third-order valence-electron chi connectivity index (χ3n) is 4.62. The van der Waals surface area contributed by atoms with Crippen LogP contribution in [0.5, 0.6) is 11.5 Å². The van der Waals surface area contributed by atoms with Crippen LogP contribution < -0.4 is 20.1 Å². The zero-order chi connectivity index (χ0) is 21.6. The van der Waals surface area contributed by atoms with Crippen molar-refractivity contribution in [3.8, 4) is 17.6 Å². The molecule has 0 bridgehead atoms. The Hall–Kier alpha value is -3.41. The van der Waals surface area contributed by atoms with Gasteiger partial charge in [-0.25, -0.2) is 4.79 Å². The number of nitrogens with one attached hydrogen (secondary N) is 2. The highest BCUT2D eigenvalue weighted by Gasteiger charge is 2.31. The molecule has 0 aliphatic heterocycles. The quantitative estimate of drug-likeness (QED) is 0.717. The van der Waals surface area contributed by atoms with Crippen molar-refractivity contribution in [3.05, 3.63) is 54.1 Å². The molecule has 158 valence electrons. The standard InChI is InChI=1S/C21H20F3N3O3/c22-21(23,24)30-19-3-1-2-16(12-19)27-20(28)26-15-6-10-18(11-7-15)29-17-8-4-14(13-25)5-9-17/h1-5,8-9,12,15,18H,6-7,10-11H2,(H2,26,27,28)/t15-,18-. The van der Waals surface area contributed by atoms with Crippen molar-refractivity contribution in [1.82, 2.24) is 5.32 Å². The highest BCUT2D eigenvalue weighted by Crippen LogP contribution is 2.26. The van der Waals surface area contributed by atoms with Gasteiger partial charge in [0.1, 0.15) is 11.5 Å². The number of rotatable bonds is 5. The molecule has 1 aliphatic rings. The Morgan fingerprint density at radius 1 is 1.03 bits per heavy atom. The van der Waals surface area contributed by atoms with Crippen molar-refractivity contribution < 1.29 is 27.4 Å². The maximum absolute atomic E-state index is 12.3. The van der Waals surface area contributed by atoms with Crippen molar-refractivity contribution in [2.75, 3.05) is 5.32 Å². The molecule has 0 radical (unpaired) electrons. The molecule has 2 aromatic rings. The van der Waals surface area contributed by atoms with Crippen LogP contribution in [0, 0.1) is 11.3 Å². The van der Waals surface area contributed by atoms with Gasteiger partial charge in [0.05, 0.1) is 17.7 Å². The number of amides is 2. The molecule has 0 saturated heterocycles. The van der Waals surface area contributed by atoms with Gasteiger partial charge in [-0.2, -0.15) is 5.26 Å². The van der Waals surface area contributed by atoms with E-state index >= 15 is 0 Å². The smallest absolute Gasteiger partial charge is 0.490 e. The molecule has 1 aliphatic carbocycles. The lowest BCUT2D eigenvalue weighted by Crippen LogP contribution is -2.41. The Labute approximate surface area is 171 Å². The van der Waals surface area contributed by atoms with E-state index in [0.29, 0.717) is 24.2 Å². The molecular weight excluding hydrogens is 399 g/mol. The first-order valence-electron chi connectivity index (χ1n) is 9.41. The van der Waals surface area contributed by atoms with Crippen molar-refractivity contribution in [1.29, 1.82) is 5.26 Å². The van der Waals surface area contributed by atoms with E-state index in [9.17, 15) is 18.0 Å². The van der Waals surface area contributed by atoms with Crippen molar-refractivity contribution >= 4 is 11.7 Å². The molecule has 1 fully saturated rings. The third kappa shape index (κ3) is 6.58. The predicted octanol–water partition coefficient (Wildman–Crippen LogP) is 4.97. The number of carbonyl (C=O) groups is 1. The van der Waals surface area contributed by atoms with E-state index < -0.39 is 18.1 Å². The van der Waals surface area contributed by atoms with Crippen molar-refractivity contribution in [2.24, 2.45) is 0 Å². The maximum atomic E-state index is 12.3. The summed E-state index contributed by atoms with van der Waals surface area (Å²) in [6.45, 7) is 0. The van der Waals surface area contributed by atoms with Gasteiger partial charge in [-0.3, -0.25) is 0 Å². The second-order valence-electron chi connectivity index (χ2n) is 6.90. The number of carbonyl (C=O) groups excluding carboxylic acids is 1. The molecule has 9 heteroatoms. The van der Waals surface area contributed by atoms with Crippen LogP contribution in [0.1, 0.15) is 31.2 Å². The summed E-state index contributed by atoms with van der Waals surface area (Å²) in [5.41, 5.74) is 0.767. The normalized spacial score (nSPS) is 18.7. The summed E-state index contributed by atoms with van der Waals surface area (Å²) >= 11 is 0. The van der Waals surface area contributed by atoms with E-state index in [1.807, 2.05) is 0 Å². The molecule has 2 amide bonds. The summed E-state index contributed by atoms with van der Waals surface area (Å²) in [5, 5.41) is 14.2. The number of benzene rings is 2. The number of nitriles is 1. The summed E-state index contributed by atoms with van der Waals surface area (Å²) in [4.78, 5) is 12.2. The van der Waals surface area contributed by atoms with E-state index in [-0.39, 0.29) is 17.8 Å². The van der Waals surface area contributed by atoms with Crippen LogP contribution in [0.4, 0.5) is 23.7 Å². The summed E-state index contributed by atoms with van der Waals surface area (Å²) < 4.78 is 46.7. The minimum Gasteiger partial charge on any atom is -0.490 e. The van der Waals surface area contributed by atoms with Crippen LogP contribution in [-0.2, 0) is 0 Å². The highest BCUT2D eigenvalue weighted by atomic mass is 19.4. The molecule has 2 aromatic carbocycles. The van der Waals surface area contributed by atoms with Crippen LogP contribution in [0.2, 0.25) is 0 Å². The van der Waals surface area contributed by atoms with E-state index in [2.05, 4.69) is 21.4 Å². The Balaban J connectivity index is 1.44. The molecular formula is C21H20F3N3O3. The van der Waals surface area contributed by atoms with Gasteiger partial charge in [0, 0.05) is 17.8 Å². The molecule has 0 heterocycles. The zero-order valence-electron chi connectivity index (χ0n) is 15.9. The first-order chi connectivity index (χ1) is 14.3. The molecule has 2 N–H and O–H groups in total. The lowest BCUT2D eigenvalue weighted by Gasteiger charge is -2.29. The van der Waals surface area contributed by atoms with Crippen LogP contribution in [0.25, 0.3) is 0 Å². The molecule has 0 unspecified atom stereocenters. The van der Waals surface area contributed by atoms with Gasteiger partial charge in [-0.1, -0.05) is 6.07 Å². The monoisotopic (exact) mass is 419 g/mol. The van der Waals surface area contributed by atoms with E-state index in [0.717, 1.165) is 25.0 Å². The number of anilines is 1. The molecule has 1 saturated carbocycles. The van der Waals surface area contributed by atoms with Crippen molar-refractivity contribution in [3.63, 3.8) is 0 Å². The van der Waals surface area contributed by atoms with Crippen LogP contribution in [0.3, 0.4) is 0 Å². The first-order valence-corrected chi connectivity index (χ1v) is 9.41. The average Bonchev–Trinajstić information content (AvgIpc) is 2.69. The number of hydrogen-bond acceptors (Lipinski definition) is 4. The largest absolute Gasteiger partial charge is 0.573 e. The minimum absolute atomic E-state index is 0.0234. The molecule has 0 aromatic heterocycles. The lowest BCUT2D eigenvalue weighted by molar-refractivity contribution is -0.274.